The molecule has 12 heteroatoms. The lowest BCUT2D eigenvalue weighted by Crippen LogP contribution is -2.38. The molecular weight excluding hydrogens is 368 g/mol. The van der Waals surface area contributed by atoms with Gasteiger partial charge < -0.3 is 25.2 Å². The Labute approximate surface area is 150 Å². The standard InChI is InChI=1S/C14H18N4O7S/c19-6-10(20)13-11(12(21)14(22)25-13)18-5-9(15-17-18)7-1-3-8(4-2-7)16-26(23)24/h1-5,10-14,16,19-22H,6H2,(H,23,24). The molecule has 0 aliphatic carbocycles. The van der Waals surface area contributed by atoms with Crippen LogP contribution in [0.3, 0.4) is 0 Å². The van der Waals surface area contributed by atoms with Gasteiger partial charge in [0.05, 0.1) is 12.8 Å². The fourth-order valence-electron chi connectivity index (χ4n) is 2.78. The highest BCUT2D eigenvalue weighted by Gasteiger charge is 2.47. The highest BCUT2D eigenvalue weighted by atomic mass is 32.2. The smallest absolute Gasteiger partial charge is 0.259 e. The van der Waals surface area contributed by atoms with Crippen molar-refractivity contribution in [3.8, 4) is 11.3 Å². The van der Waals surface area contributed by atoms with Crippen molar-refractivity contribution in [3.05, 3.63) is 30.5 Å². The quantitative estimate of drug-likeness (QED) is 0.322. The van der Waals surface area contributed by atoms with Crippen LogP contribution >= 0.6 is 0 Å². The first-order valence-electron chi connectivity index (χ1n) is 7.61. The summed E-state index contributed by atoms with van der Waals surface area (Å²) in [5.41, 5.74) is 1.53. The third-order valence-electron chi connectivity index (χ3n) is 4.04. The summed E-state index contributed by atoms with van der Waals surface area (Å²) >= 11 is -2.17. The second-order valence-corrected chi connectivity index (χ2v) is 6.44. The van der Waals surface area contributed by atoms with Gasteiger partial charge in [-0.2, -0.15) is 0 Å². The van der Waals surface area contributed by atoms with Crippen LogP contribution in [0.2, 0.25) is 0 Å². The maximum Gasteiger partial charge on any atom is 0.259 e. The van der Waals surface area contributed by atoms with Crippen LogP contribution in [0.15, 0.2) is 30.5 Å². The summed E-state index contributed by atoms with van der Waals surface area (Å²) in [5, 5.41) is 46.7. The van der Waals surface area contributed by atoms with Crippen LogP contribution in [-0.4, -0.2) is 75.4 Å². The minimum absolute atomic E-state index is 0.437. The van der Waals surface area contributed by atoms with Crippen LogP contribution in [0.4, 0.5) is 5.69 Å². The molecule has 1 aromatic heterocycles. The van der Waals surface area contributed by atoms with E-state index in [1.165, 1.54) is 10.9 Å². The van der Waals surface area contributed by atoms with E-state index < -0.39 is 48.5 Å². The zero-order chi connectivity index (χ0) is 18.8. The average molecular weight is 386 g/mol. The number of ether oxygens (including phenoxy) is 1. The van der Waals surface area contributed by atoms with Crippen LogP contribution in [0, 0.1) is 0 Å². The zero-order valence-electron chi connectivity index (χ0n) is 13.3. The van der Waals surface area contributed by atoms with Gasteiger partial charge in [0.2, 0.25) is 0 Å². The largest absolute Gasteiger partial charge is 0.394 e. The number of benzene rings is 1. The second-order valence-electron chi connectivity index (χ2n) is 5.73. The minimum atomic E-state index is -2.17. The number of aromatic nitrogens is 3. The van der Waals surface area contributed by atoms with Crippen molar-refractivity contribution in [2.24, 2.45) is 0 Å². The van der Waals surface area contributed by atoms with Gasteiger partial charge in [-0.05, 0) is 12.1 Å². The van der Waals surface area contributed by atoms with Crippen LogP contribution < -0.4 is 4.72 Å². The Bertz CT molecular complexity index is 771. The van der Waals surface area contributed by atoms with Crippen molar-refractivity contribution < 1.29 is 33.9 Å². The predicted octanol–water partition coefficient (Wildman–Crippen LogP) is -1.53. The summed E-state index contributed by atoms with van der Waals surface area (Å²) in [6.07, 6.45) is -3.76. The number of aliphatic hydroxyl groups excluding tert-OH is 4. The Morgan fingerprint density at radius 1 is 1.31 bits per heavy atom. The predicted molar refractivity (Wildman–Crippen MR) is 88.9 cm³/mol. The lowest BCUT2D eigenvalue weighted by molar-refractivity contribution is -0.149. The van der Waals surface area contributed by atoms with Gasteiger partial charge in [0.15, 0.2) is 6.29 Å². The number of hydrogen-bond donors (Lipinski definition) is 6. The number of nitrogens with zero attached hydrogens (tertiary/aromatic N) is 3. The van der Waals surface area contributed by atoms with Gasteiger partial charge in [0.1, 0.15) is 30.0 Å². The Morgan fingerprint density at radius 3 is 2.62 bits per heavy atom. The van der Waals surface area contributed by atoms with Gasteiger partial charge in [-0.15, -0.1) is 5.10 Å². The van der Waals surface area contributed by atoms with Crippen molar-refractivity contribution in [3.63, 3.8) is 0 Å². The fraction of sp³-hybridized carbons (Fsp3) is 0.429. The van der Waals surface area contributed by atoms with Crippen molar-refractivity contribution in [1.29, 1.82) is 0 Å². The van der Waals surface area contributed by atoms with Gasteiger partial charge in [0, 0.05) is 11.3 Å². The molecule has 1 aliphatic heterocycles. The maximum atomic E-state index is 10.7. The Hall–Kier alpha value is -1.93. The minimum Gasteiger partial charge on any atom is -0.394 e. The highest BCUT2D eigenvalue weighted by molar-refractivity contribution is 7.80. The molecule has 6 unspecified atom stereocenters. The molecule has 1 aromatic carbocycles. The Kier molecular flexibility index (Phi) is 5.62. The van der Waals surface area contributed by atoms with Crippen LogP contribution in [0.5, 0.6) is 0 Å². The molecule has 0 bridgehead atoms. The zero-order valence-corrected chi connectivity index (χ0v) is 14.1. The Balaban J connectivity index is 1.83. The molecule has 0 saturated carbocycles. The third-order valence-corrected chi connectivity index (χ3v) is 4.45. The molecule has 0 radical (unpaired) electrons. The first-order valence-corrected chi connectivity index (χ1v) is 8.71. The fourth-order valence-corrected chi connectivity index (χ4v) is 3.12. The van der Waals surface area contributed by atoms with E-state index >= 15 is 0 Å². The summed E-state index contributed by atoms with van der Waals surface area (Å²) in [4.78, 5) is 0. The molecule has 1 aliphatic rings. The normalized spacial score (nSPS) is 28.0. The highest BCUT2D eigenvalue weighted by Crippen LogP contribution is 2.32. The number of rotatable bonds is 6. The monoisotopic (exact) mass is 386 g/mol. The topological polar surface area (TPSA) is 170 Å². The molecule has 0 spiro atoms. The van der Waals surface area contributed by atoms with E-state index in [4.69, 9.17) is 14.4 Å². The summed E-state index contributed by atoms with van der Waals surface area (Å²) in [7, 11) is 0. The van der Waals surface area contributed by atoms with E-state index in [1.807, 2.05) is 0 Å². The van der Waals surface area contributed by atoms with Gasteiger partial charge in [-0.25, -0.2) is 8.89 Å². The third kappa shape index (κ3) is 3.76. The molecule has 142 valence electrons. The molecule has 3 rings (SSSR count). The van der Waals surface area contributed by atoms with E-state index in [0.29, 0.717) is 16.9 Å². The van der Waals surface area contributed by atoms with Crippen molar-refractivity contribution in [1.82, 2.24) is 15.0 Å². The number of aliphatic hydroxyl groups is 4. The lowest BCUT2D eigenvalue weighted by atomic mass is 10.0. The summed E-state index contributed by atoms with van der Waals surface area (Å²) in [6, 6.07) is 5.53. The molecule has 2 heterocycles. The average Bonchev–Trinajstić information content (AvgIpc) is 3.20. The van der Waals surface area contributed by atoms with E-state index in [9.17, 15) is 19.5 Å². The molecule has 1 fully saturated rings. The lowest BCUT2D eigenvalue weighted by Gasteiger charge is -2.22. The van der Waals surface area contributed by atoms with E-state index in [2.05, 4.69) is 15.0 Å². The van der Waals surface area contributed by atoms with Gasteiger partial charge in [-0.1, -0.05) is 17.3 Å². The molecule has 2 aromatic rings. The van der Waals surface area contributed by atoms with Gasteiger partial charge in [-0.3, -0.25) is 9.27 Å². The molecular formula is C14H18N4O7S. The summed E-state index contributed by atoms with van der Waals surface area (Å²) in [6.45, 7) is -0.608. The van der Waals surface area contributed by atoms with E-state index in [0.717, 1.165) is 0 Å². The van der Waals surface area contributed by atoms with Crippen LogP contribution in [0.25, 0.3) is 11.3 Å². The molecule has 0 amide bonds. The van der Waals surface area contributed by atoms with Crippen LogP contribution in [0.1, 0.15) is 6.04 Å². The summed E-state index contributed by atoms with van der Waals surface area (Å²) < 4.78 is 28.2. The molecule has 26 heavy (non-hydrogen) atoms. The first-order chi connectivity index (χ1) is 12.4. The van der Waals surface area contributed by atoms with Gasteiger partial charge >= 0.3 is 0 Å². The van der Waals surface area contributed by atoms with Crippen LogP contribution in [-0.2, 0) is 16.0 Å². The van der Waals surface area contributed by atoms with Crippen molar-refractivity contribution in [2.45, 2.75) is 30.6 Å². The molecule has 11 nitrogen and oxygen atoms in total. The van der Waals surface area contributed by atoms with Crippen molar-refractivity contribution in [2.75, 3.05) is 11.3 Å². The SMILES string of the molecule is O=S(O)Nc1ccc(-c2cn(C3C(O)C(O)OC3C(O)CO)nn2)cc1. The van der Waals surface area contributed by atoms with Crippen molar-refractivity contribution >= 4 is 17.0 Å². The van der Waals surface area contributed by atoms with Gasteiger partial charge in [0.25, 0.3) is 11.3 Å². The number of anilines is 1. The van der Waals surface area contributed by atoms with E-state index in [-0.39, 0.29) is 0 Å². The summed E-state index contributed by atoms with van der Waals surface area (Å²) in [5.74, 6) is 0. The first kappa shape index (κ1) is 18.8. The maximum absolute atomic E-state index is 10.7. The second kappa shape index (κ2) is 7.75. The molecule has 6 atom stereocenters. The Morgan fingerprint density at radius 2 is 2.00 bits per heavy atom. The molecule has 6 N–H and O–H groups in total. The van der Waals surface area contributed by atoms with E-state index in [1.54, 1.807) is 24.3 Å². The number of nitrogens with one attached hydrogen (secondary N) is 1. The number of hydrogen-bond acceptors (Lipinski definition) is 8. The molecule has 1 saturated heterocycles.